The molecule has 0 aliphatic rings. The van der Waals surface area contributed by atoms with Crippen molar-refractivity contribution < 1.29 is 5.11 Å². The molecule has 1 atom stereocenters. The summed E-state index contributed by atoms with van der Waals surface area (Å²) in [6, 6.07) is 0. The summed E-state index contributed by atoms with van der Waals surface area (Å²) in [7, 11) is 0. The molecule has 0 amide bonds. The van der Waals surface area contributed by atoms with Gasteiger partial charge in [0.05, 0.1) is 6.10 Å². The van der Waals surface area contributed by atoms with Crippen LogP contribution in [0.1, 0.15) is 6.92 Å². The summed E-state index contributed by atoms with van der Waals surface area (Å²) >= 11 is 4.30. The van der Waals surface area contributed by atoms with Gasteiger partial charge in [-0.05, 0) is 6.92 Å². The van der Waals surface area contributed by atoms with Crippen LogP contribution in [0.5, 0.6) is 0 Å². The highest BCUT2D eigenvalue weighted by Gasteiger charge is 1.77. The predicted octanol–water partition coefficient (Wildman–Crippen LogP) is 0.367. The van der Waals surface area contributed by atoms with Crippen LogP contribution in [0, 0.1) is 0 Å². The van der Waals surface area contributed by atoms with E-state index in [2.05, 4.69) is 12.2 Å². The van der Waals surface area contributed by atoms with Gasteiger partial charge in [-0.2, -0.15) is 0 Å². The number of hydrogen-bond acceptors (Lipinski definition) is 2. The van der Waals surface area contributed by atoms with Crippen LogP contribution < -0.4 is 0 Å². The molecular formula is C3H6OS. The second-order valence-electron chi connectivity index (χ2n) is 0.877. The third kappa shape index (κ3) is 4.05. The molecule has 0 saturated carbocycles. The van der Waals surface area contributed by atoms with E-state index >= 15 is 0 Å². The van der Waals surface area contributed by atoms with Crippen molar-refractivity contribution in [3.8, 4) is 0 Å². The van der Waals surface area contributed by atoms with Crippen molar-refractivity contribution in [2.45, 2.75) is 13.0 Å². The highest BCUT2D eigenvalue weighted by atomic mass is 32.1. The third-order valence-corrected chi connectivity index (χ3v) is 0.591. The molecule has 0 aliphatic heterocycles. The summed E-state index contributed by atoms with van der Waals surface area (Å²) in [5, 5.41) is 9.51. The molecule has 0 fully saturated rings. The van der Waals surface area contributed by atoms with Crippen molar-refractivity contribution in [1.82, 2.24) is 0 Å². The fourth-order valence-electron chi connectivity index (χ4n) is 0. The Morgan fingerprint density at radius 1 is 2.00 bits per heavy atom. The van der Waals surface area contributed by atoms with Crippen molar-refractivity contribution in [3.05, 3.63) is 0 Å². The summed E-state index contributed by atoms with van der Waals surface area (Å²) in [4.78, 5) is 0. The molecule has 0 aromatic heterocycles. The van der Waals surface area contributed by atoms with E-state index in [1.54, 1.807) is 6.92 Å². The lowest BCUT2D eigenvalue weighted by atomic mass is 10.5. The smallest absolute Gasteiger partial charge is 0.0794 e. The normalized spacial score (nSPS) is 14.0. The molecule has 0 spiro atoms. The fourth-order valence-corrected chi connectivity index (χ4v) is 0. The molecule has 1 unspecified atom stereocenters. The van der Waals surface area contributed by atoms with Gasteiger partial charge in [0.1, 0.15) is 0 Å². The maximum Gasteiger partial charge on any atom is 0.0794 e. The van der Waals surface area contributed by atoms with Gasteiger partial charge in [0.25, 0.3) is 0 Å². The molecule has 0 saturated heterocycles. The Kier molecular flexibility index (Phi) is 2.32. The van der Waals surface area contributed by atoms with E-state index in [0.29, 0.717) is 0 Å². The van der Waals surface area contributed by atoms with E-state index in [4.69, 9.17) is 5.11 Å². The van der Waals surface area contributed by atoms with Gasteiger partial charge < -0.3 is 5.11 Å². The first-order valence-electron chi connectivity index (χ1n) is 1.40. The lowest BCUT2D eigenvalue weighted by Gasteiger charge is -1.82. The largest absolute Gasteiger partial charge is 0.388 e. The first-order valence-corrected chi connectivity index (χ1v) is 1.88. The van der Waals surface area contributed by atoms with Crippen molar-refractivity contribution in [3.63, 3.8) is 0 Å². The van der Waals surface area contributed by atoms with Crippen LogP contribution in [-0.2, 0) is 0 Å². The lowest BCUT2D eigenvalue weighted by Crippen LogP contribution is -1.95. The van der Waals surface area contributed by atoms with Crippen LogP contribution in [0.4, 0.5) is 0 Å². The molecule has 0 aromatic carbocycles. The van der Waals surface area contributed by atoms with Crippen LogP contribution in [0.3, 0.4) is 0 Å². The van der Waals surface area contributed by atoms with Crippen LogP contribution in [-0.4, -0.2) is 16.6 Å². The third-order valence-electron chi connectivity index (χ3n) is 0.197. The Balaban J connectivity index is 2.83. The molecule has 2 heteroatoms. The van der Waals surface area contributed by atoms with Crippen molar-refractivity contribution in [2.24, 2.45) is 0 Å². The van der Waals surface area contributed by atoms with E-state index in [0.717, 1.165) is 0 Å². The van der Waals surface area contributed by atoms with Gasteiger partial charge in [-0.1, -0.05) is 12.2 Å². The molecule has 0 radical (unpaired) electrons. The Labute approximate surface area is 36.6 Å². The maximum atomic E-state index is 8.20. The molecule has 0 heterocycles. The van der Waals surface area contributed by atoms with Crippen LogP contribution in [0.2, 0.25) is 0 Å². The number of hydrogen-bond donors (Lipinski definition) is 1. The minimum Gasteiger partial charge on any atom is -0.388 e. The SMILES string of the molecule is CC(O)C=S. The standard InChI is InChI=1S/C3H6OS/c1-3(4)2-5/h2-4H,1H3. The number of aliphatic hydroxyl groups excluding tert-OH is 1. The summed E-state index contributed by atoms with van der Waals surface area (Å²) < 4.78 is 0. The summed E-state index contributed by atoms with van der Waals surface area (Å²) in [5.41, 5.74) is 0. The number of aliphatic hydroxyl groups is 1. The second-order valence-corrected chi connectivity index (χ2v) is 1.15. The molecule has 30 valence electrons. The predicted molar refractivity (Wildman–Crippen MR) is 25.3 cm³/mol. The molecule has 0 aliphatic carbocycles. The molecular weight excluding hydrogens is 84.1 g/mol. The van der Waals surface area contributed by atoms with Gasteiger partial charge in [-0.25, -0.2) is 0 Å². The van der Waals surface area contributed by atoms with E-state index in [1.807, 2.05) is 0 Å². The minimum atomic E-state index is -0.426. The first-order chi connectivity index (χ1) is 2.27. The molecule has 0 bridgehead atoms. The first kappa shape index (κ1) is 5.05. The zero-order valence-electron chi connectivity index (χ0n) is 3.01. The monoisotopic (exact) mass is 90.0 g/mol. The van der Waals surface area contributed by atoms with Gasteiger partial charge in [0, 0.05) is 5.37 Å². The average Bonchev–Trinajstić information content (AvgIpc) is 1.38. The van der Waals surface area contributed by atoms with E-state index in [9.17, 15) is 0 Å². The van der Waals surface area contributed by atoms with Gasteiger partial charge in [0.15, 0.2) is 0 Å². The molecule has 5 heavy (non-hydrogen) atoms. The van der Waals surface area contributed by atoms with Crippen LogP contribution in [0.25, 0.3) is 0 Å². The molecule has 0 aromatic rings. The van der Waals surface area contributed by atoms with Gasteiger partial charge in [-0.15, -0.1) is 0 Å². The lowest BCUT2D eigenvalue weighted by molar-refractivity contribution is 0.269. The Morgan fingerprint density at radius 2 is 2.20 bits per heavy atom. The molecule has 0 rings (SSSR count). The quantitative estimate of drug-likeness (QED) is 0.469. The van der Waals surface area contributed by atoms with E-state index in [-0.39, 0.29) is 0 Å². The van der Waals surface area contributed by atoms with Gasteiger partial charge in [0.2, 0.25) is 0 Å². The summed E-state index contributed by atoms with van der Waals surface area (Å²) in [6.45, 7) is 1.62. The zero-order chi connectivity index (χ0) is 4.28. The Hall–Kier alpha value is 0.0500. The van der Waals surface area contributed by atoms with Crippen molar-refractivity contribution >= 4 is 17.6 Å². The highest BCUT2D eigenvalue weighted by Crippen LogP contribution is 1.66. The highest BCUT2D eigenvalue weighted by molar-refractivity contribution is 7.79. The van der Waals surface area contributed by atoms with Gasteiger partial charge >= 0.3 is 0 Å². The van der Waals surface area contributed by atoms with Crippen molar-refractivity contribution in [1.29, 1.82) is 0 Å². The zero-order valence-corrected chi connectivity index (χ0v) is 3.83. The van der Waals surface area contributed by atoms with E-state index in [1.165, 1.54) is 5.37 Å². The molecule has 1 nitrogen and oxygen atoms in total. The maximum absolute atomic E-state index is 8.20. The van der Waals surface area contributed by atoms with Crippen LogP contribution in [0.15, 0.2) is 0 Å². The van der Waals surface area contributed by atoms with Gasteiger partial charge in [-0.3, -0.25) is 0 Å². The molecule has 1 N–H and O–H groups in total. The minimum absolute atomic E-state index is 0.426. The fraction of sp³-hybridized carbons (Fsp3) is 0.667. The Bertz CT molecular complexity index is 33.9. The summed E-state index contributed by atoms with van der Waals surface area (Å²) in [6.07, 6.45) is -0.426. The van der Waals surface area contributed by atoms with E-state index < -0.39 is 6.10 Å². The van der Waals surface area contributed by atoms with Crippen LogP contribution >= 0.6 is 12.2 Å². The number of thiocarbonyl (C=S) groups is 1. The average molecular weight is 90.1 g/mol. The topological polar surface area (TPSA) is 20.2 Å². The second kappa shape index (κ2) is 2.30. The summed E-state index contributed by atoms with van der Waals surface area (Å²) in [5.74, 6) is 0. The Morgan fingerprint density at radius 3 is 2.20 bits per heavy atom. The van der Waals surface area contributed by atoms with Crippen molar-refractivity contribution in [2.75, 3.05) is 0 Å². The number of rotatable bonds is 1.